The van der Waals surface area contributed by atoms with Crippen LogP contribution in [0.2, 0.25) is 0 Å². The zero-order valence-electron chi connectivity index (χ0n) is 27.0. The maximum absolute atomic E-state index is 12.7. The van der Waals surface area contributed by atoms with Gasteiger partial charge in [0.2, 0.25) is 17.7 Å². The molecule has 0 aliphatic heterocycles. The Bertz CT molecular complexity index is 860. The van der Waals surface area contributed by atoms with Gasteiger partial charge in [0.05, 0.1) is 19.8 Å². The molecule has 0 aliphatic carbocycles. The molecule has 0 aromatic heterocycles. The molecule has 0 fully saturated rings. The molecule has 0 rings (SSSR count). The molecule has 3 amide bonds. The average molecular weight is 606 g/mol. The molecule has 0 radical (unpaired) electrons. The standard InChI is InChI=1S/C33H55N3O7/c1-25(2)29(37)16-10-9-13-19-41-22-33(36-32(40)28(7)8,23-42-20-14-11-17-34-30(38)26(3)4)24-43-21-15-12-18-35-31(39)27(5)6/h1,3,5,7,9-24H2,2,4,6,8H3,(H,34,38)(H,35,39)(H,36,40). The second-order valence-corrected chi connectivity index (χ2v) is 11.2. The van der Waals surface area contributed by atoms with Crippen LogP contribution in [0.15, 0.2) is 48.6 Å². The van der Waals surface area contributed by atoms with Crippen LogP contribution in [-0.2, 0) is 33.4 Å². The Labute approximate surface area is 258 Å². The summed E-state index contributed by atoms with van der Waals surface area (Å²) in [7, 11) is 0. The minimum Gasteiger partial charge on any atom is -0.379 e. The van der Waals surface area contributed by atoms with Crippen LogP contribution in [0.4, 0.5) is 0 Å². The van der Waals surface area contributed by atoms with Gasteiger partial charge in [-0.25, -0.2) is 0 Å². The number of carbonyl (C=O) groups is 4. The third-order valence-corrected chi connectivity index (χ3v) is 6.35. The number of ketones is 1. The molecule has 0 unspecified atom stereocenters. The van der Waals surface area contributed by atoms with Crippen molar-refractivity contribution in [3.63, 3.8) is 0 Å². The maximum Gasteiger partial charge on any atom is 0.246 e. The Hall–Kier alpha value is -3.08. The summed E-state index contributed by atoms with van der Waals surface area (Å²) in [5.74, 6) is -0.582. The Balaban J connectivity index is 5.06. The van der Waals surface area contributed by atoms with Gasteiger partial charge in [-0.1, -0.05) is 32.7 Å². The molecule has 0 heterocycles. The van der Waals surface area contributed by atoms with Crippen LogP contribution in [0.1, 0.15) is 79.1 Å². The lowest BCUT2D eigenvalue weighted by molar-refractivity contribution is -0.124. The highest BCUT2D eigenvalue weighted by Gasteiger charge is 2.34. The number of hydrogen-bond acceptors (Lipinski definition) is 7. The lowest BCUT2D eigenvalue weighted by atomic mass is 10.0. The molecule has 0 aliphatic rings. The molecule has 244 valence electrons. The van der Waals surface area contributed by atoms with E-state index in [1.54, 1.807) is 27.7 Å². The molecule has 0 aromatic carbocycles. The normalized spacial score (nSPS) is 11.0. The number of allylic oxidation sites excluding steroid dienone is 1. The minimum absolute atomic E-state index is 0.0770. The van der Waals surface area contributed by atoms with Crippen LogP contribution in [-0.4, -0.2) is 81.8 Å². The summed E-state index contributed by atoms with van der Waals surface area (Å²) in [5, 5.41) is 8.61. The summed E-state index contributed by atoms with van der Waals surface area (Å²) >= 11 is 0. The van der Waals surface area contributed by atoms with E-state index < -0.39 is 5.54 Å². The fourth-order valence-electron chi connectivity index (χ4n) is 3.63. The van der Waals surface area contributed by atoms with Gasteiger partial charge in [0, 0.05) is 56.1 Å². The molecule has 10 heteroatoms. The van der Waals surface area contributed by atoms with Crippen molar-refractivity contribution in [2.45, 2.75) is 84.6 Å². The van der Waals surface area contributed by atoms with Crippen molar-refractivity contribution in [3.8, 4) is 0 Å². The smallest absolute Gasteiger partial charge is 0.246 e. The number of rotatable bonds is 27. The van der Waals surface area contributed by atoms with E-state index in [1.165, 1.54) is 0 Å². The van der Waals surface area contributed by atoms with Crippen LogP contribution < -0.4 is 16.0 Å². The molecule has 0 spiro atoms. The van der Waals surface area contributed by atoms with E-state index in [4.69, 9.17) is 14.2 Å². The second-order valence-electron chi connectivity index (χ2n) is 11.2. The number of nitrogens with one attached hydrogen (secondary N) is 3. The molecule has 10 nitrogen and oxygen atoms in total. The van der Waals surface area contributed by atoms with Crippen molar-refractivity contribution in [3.05, 3.63) is 48.6 Å². The van der Waals surface area contributed by atoms with Gasteiger partial charge in [0.15, 0.2) is 5.78 Å². The molecular formula is C33H55N3O7. The molecule has 0 saturated carbocycles. The fourth-order valence-corrected chi connectivity index (χ4v) is 3.63. The van der Waals surface area contributed by atoms with Gasteiger partial charge >= 0.3 is 0 Å². The molecule has 3 N–H and O–H groups in total. The van der Waals surface area contributed by atoms with Crippen molar-refractivity contribution in [1.82, 2.24) is 16.0 Å². The van der Waals surface area contributed by atoms with Crippen molar-refractivity contribution >= 4 is 23.5 Å². The van der Waals surface area contributed by atoms with Gasteiger partial charge in [-0.15, -0.1) is 0 Å². The van der Waals surface area contributed by atoms with E-state index in [-0.39, 0.29) is 43.3 Å². The molecule has 0 atom stereocenters. The monoisotopic (exact) mass is 605 g/mol. The van der Waals surface area contributed by atoms with Gasteiger partial charge < -0.3 is 30.2 Å². The lowest BCUT2D eigenvalue weighted by Gasteiger charge is -2.34. The number of unbranched alkanes of at least 4 members (excludes halogenated alkanes) is 4. The SMILES string of the molecule is C=C(C)C(=O)CCCCCOCC(COCCCCNC(=O)C(=C)C)(COCCCCNC(=O)C(=C)C)NC(=O)C(=C)C. The van der Waals surface area contributed by atoms with E-state index in [0.717, 1.165) is 32.1 Å². The first kappa shape index (κ1) is 39.9. The highest BCUT2D eigenvalue weighted by atomic mass is 16.5. The Morgan fingerprint density at radius 3 is 1.30 bits per heavy atom. The lowest BCUT2D eigenvalue weighted by Crippen LogP contribution is -2.58. The van der Waals surface area contributed by atoms with Crippen LogP contribution in [0, 0.1) is 0 Å². The first-order chi connectivity index (χ1) is 20.3. The molecule has 0 saturated heterocycles. The quantitative estimate of drug-likeness (QED) is 0.0948. The van der Waals surface area contributed by atoms with Gasteiger partial charge in [-0.3, -0.25) is 19.2 Å². The third-order valence-electron chi connectivity index (χ3n) is 6.35. The Morgan fingerprint density at radius 1 is 0.535 bits per heavy atom. The van der Waals surface area contributed by atoms with Gasteiger partial charge in [-0.2, -0.15) is 0 Å². The zero-order valence-corrected chi connectivity index (χ0v) is 27.0. The third kappa shape index (κ3) is 20.5. The average Bonchev–Trinajstić information content (AvgIpc) is 2.94. The van der Waals surface area contributed by atoms with Gasteiger partial charge in [0.25, 0.3) is 0 Å². The van der Waals surface area contributed by atoms with E-state index in [1.807, 2.05) is 0 Å². The summed E-state index contributed by atoms with van der Waals surface area (Å²) in [6.45, 7) is 24.2. The van der Waals surface area contributed by atoms with Crippen LogP contribution in [0.3, 0.4) is 0 Å². The molecule has 0 bridgehead atoms. The van der Waals surface area contributed by atoms with Crippen molar-refractivity contribution in [2.75, 3.05) is 52.7 Å². The number of hydrogen-bond donors (Lipinski definition) is 3. The highest BCUT2D eigenvalue weighted by Crippen LogP contribution is 2.13. The van der Waals surface area contributed by atoms with Gasteiger partial charge in [-0.05, 0) is 71.8 Å². The van der Waals surface area contributed by atoms with Crippen LogP contribution in [0.25, 0.3) is 0 Å². The Morgan fingerprint density at radius 2 is 0.930 bits per heavy atom. The molecular weight excluding hydrogens is 550 g/mol. The van der Waals surface area contributed by atoms with E-state index in [2.05, 4.69) is 42.3 Å². The maximum atomic E-state index is 12.7. The summed E-state index contributed by atoms with van der Waals surface area (Å²) in [6.07, 6.45) is 5.72. The number of Topliss-reactive ketones (excluding diaryl/α,β-unsaturated/α-hetero) is 1. The first-order valence-electron chi connectivity index (χ1n) is 15.1. The zero-order chi connectivity index (χ0) is 32.7. The molecule has 43 heavy (non-hydrogen) atoms. The Kier molecular flexibility index (Phi) is 21.7. The molecule has 0 aromatic rings. The topological polar surface area (TPSA) is 132 Å². The van der Waals surface area contributed by atoms with E-state index in [0.29, 0.717) is 74.5 Å². The predicted molar refractivity (Wildman–Crippen MR) is 171 cm³/mol. The largest absolute Gasteiger partial charge is 0.379 e. The number of carbonyl (C=O) groups excluding carboxylic acids is 4. The van der Waals surface area contributed by atoms with Crippen molar-refractivity contribution < 1.29 is 33.4 Å². The number of ether oxygens (including phenoxy) is 3. The van der Waals surface area contributed by atoms with Crippen LogP contribution in [0.5, 0.6) is 0 Å². The van der Waals surface area contributed by atoms with Crippen molar-refractivity contribution in [2.24, 2.45) is 0 Å². The second kappa shape index (κ2) is 23.4. The minimum atomic E-state index is -0.950. The summed E-state index contributed by atoms with van der Waals surface area (Å²) < 4.78 is 18.0. The van der Waals surface area contributed by atoms with E-state index >= 15 is 0 Å². The summed E-state index contributed by atoms with van der Waals surface area (Å²) in [5.41, 5.74) is 0.905. The van der Waals surface area contributed by atoms with Crippen LogP contribution >= 0.6 is 0 Å². The van der Waals surface area contributed by atoms with Gasteiger partial charge in [0.1, 0.15) is 5.54 Å². The number of amides is 3. The highest BCUT2D eigenvalue weighted by molar-refractivity contribution is 5.94. The summed E-state index contributed by atoms with van der Waals surface area (Å²) in [4.78, 5) is 47.8. The van der Waals surface area contributed by atoms with E-state index in [9.17, 15) is 19.2 Å². The predicted octanol–water partition coefficient (Wildman–Crippen LogP) is 4.12. The summed E-state index contributed by atoms with van der Waals surface area (Å²) in [6, 6.07) is 0. The first-order valence-corrected chi connectivity index (χ1v) is 15.1. The van der Waals surface area contributed by atoms with Crippen molar-refractivity contribution in [1.29, 1.82) is 0 Å². The fraction of sp³-hybridized carbons (Fsp3) is 0.636.